The van der Waals surface area contributed by atoms with Crippen LogP contribution < -0.4 is 5.32 Å². The fourth-order valence-corrected chi connectivity index (χ4v) is 3.27. The van der Waals surface area contributed by atoms with Crippen molar-refractivity contribution < 1.29 is 0 Å². The van der Waals surface area contributed by atoms with Gasteiger partial charge in [0.2, 0.25) is 0 Å². The minimum absolute atomic E-state index is 0.595. The molecule has 0 bridgehead atoms. The molecule has 0 aromatic carbocycles. The lowest BCUT2D eigenvalue weighted by molar-refractivity contribution is 0.182. The van der Waals surface area contributed by atoms with Crippen LogP contribution >= 0.6 is 22.9 Å². The summed E-state index contributed by atoms with van der Waals surface area (Å²) in [6, 6.07) is 4.64. The molecule has 1 N–H and O–H groups in total. The zero-order valence-corrected chi connectivity index (χ0v) is 14.0. The molecule has 0 saturated carbocycles. The lowest BCUT2D eigenvalue weighted by Gasteiger charge is -2.30. The Kier molecular flexibility index (Phi) is 7.95. The Morgan fingerprint density at radius 2 is 2.11 bits per heavy atom. The molecule has 110 valence electrons. The molecular formula is C14H26ClN3S. The summed E-state index contributed by atoms with van der Waals surface area (Å²) < 4.78 is 0.867. The quantitative estimate of drug-likeness (QED) is 0.708. The maximum absolute atomic E-state index is 5.91. The van der Waals surface area contributed by atoms with Crippen molar-refractivity contribution in [2.75, 3.05) is 40.3 Å². The Bertz CT molecular complexity index is 354. The molecule has 1 heterocycles. The van der Waals surface area contributed by atoms with Gasteiger partial charge in [0.05, 0.1) is 4.34 Å². The summed E-state index contributed by atoms with van der Waals surface area (Å²) in [5, 5.41) is 3.48. The number of halogens is 1. The van der Waals surface area contributed by atoms with Crippen molar-refractivity contribution in [3.63, 3.8) is 0 Å². The first-order valence-corrected chi connectivity index (χ1v) is 8.06. The van der Waals surface area contributed by atoms with E-state index in [0.717, 1.165) is 37.1 Å². The second-order valence-corrected chi connectivity index (χ2v) is 6.92. The van der Waals surface area contributed by atoms with Gasteiger partial charge in [0.25, 0.3) is 0 Å². The number of hydrogen-bond donors (Lipinski definition) is 1. The van der Waals surface area contributed by atoms with E-state index in [1.807, 2.05) is 6.07 Å². The smallest absolute Gasteiger partial charge is 0.0931 e. The highest BCUT2D eigenvalue weighted by molar-refractivity contribution is 7.16. The molecule has 5 heteroatoms. The second-order valence-electron chi connectivity index (χ2n) is 5.12. The Labute approximate surface area is 126 Å². The SMILES string of the molecule is CCN(CCNCc1ccc(Cl)s1)C(C)CN(C)C. The molecule has 0 saturated heterocycles. The molecule has 3 nitrogen and oxygen atoms in total. The number of nitrogens with zero attached hydrogens (tertiary/aromatic N) is 2. The van der Waals surface area contributed by atoms with E-state index in [1.165, 1.54) is 4.88 Å². The lowest BCUT2D eigenvalue weighted by Crippen LogP contribution is -2.43. The van der Waals surface area contributed by atoms with E-state index in [2.05, 4.69) is 49.1 Å². The minimum atomic E-state index is 0.595. The van der Waals surface area contributed by atoms with E-state index in [4.69, 9.17) is 11.6 Å². The molecule has 0 fully saturated rings. The standard InChI is InChI=1S/C14H26ClN3S/c1-5-18(12(2)11-17(3)4)9-8-16-10-13-6-7-14(15)19-13/h6-7,12,16H,5,8-11H2,1-4H3. The van der Waals surface area contributed by atoms with Crippen molar-refractivity contribution >= 4 is 22.9 Å². The normalized spacial score (nSPS) is 13.4. The van der Waals surface area contributed by atoms with Crippen molar-refractivity contribution in [2.24, 2.45) is 0 Å². The average Bonchev–Trinajstić information content (AvgIpc) is 2.74. The maximum Gasteiger partial charge on any atom is 0.0931 e. The van der Waals surface area contributed by atoms with Gasteiger partial charge in [-0.25, -0.2) is 0 Å². The van der Waals surface area contributed by atoms with Gasteiger partial charge in [-0.05, 0) is 39.7 Å². The molecule has 0 aliphatic carbocycles. The number of likely N-dealkylation sites (N-methyl/N-ethyl adjacent to an activating group) is 2. The van der Waals surface area contributed by atoms with Gasteiger partial charge in [0, 0.05) is 37.1 Å². The lowest BCUT2D eigenvalue weighted by atomic mass is 10.2. The largest absolute Gasteiger partial charge is 0.311 e. The van der Waals surface area contributed by atoms with E-state index in [-0.39, 0.29) is 0 Å². The van der Waals surface area contributed by atoms with E-state index in [0.29, 0.717) is 6.04 Å². The topological polar surface area (TPSA) is 18.5 Å². The minimum Gasteiger partial charge on any atom is -0.311 e. The van der Waals surface area contributed by atoms with Gasteiger partial charge < -0.3 is 10.2 Å². The molecule has 0 spiro atoms. The van der Waals surface area contributed by atoms with Crippen molar-refractivity contribution in [3.8, 4) is 0 Å². The number of hydrogen-bond acceptors (Lipinski definition) is 4. The Morgan fingerprint density at radius 1 is 1.37 bits per heavy atom. The highest BCUT2D eigenvalue weighted by atomic mass is 35.5. The summed E-state index contributed by atoms with van der Waals surface area (Å²) in [6.45, 7) is 9.74. The van der Waals surface area contributed by atoms with Crippen molar-refractivity contribution in [2.45, 2.75) is 26.4 Å². The van der Waals surface area contributed by atoms with E-state index >= 15 is 0 Å². The molecule has 0 amide bonds. The molecule has 1 atom stereocenters. The van der Waals surface area contributed by atoms with Gasteiger partial charge in [0.15, 0.2) is 0 Å². The number of rotatable bonds is 9. The van der Waals surface area contributed by atoms with E-state index < -0.39 is 0 Å². The zero-order valence-electron chi connectivity index (χ0n) is 12.4. The first-order chi connectivity index (χ1) is 9.02. The third-order valence-electron chi connectivity index (χ3n) is 3.16. The molecule has 1 rings (SSSR count). The Morgan fingerprint density at radius 3 is 2.63 bits per heavy atom. The highest BCUT2D eigenvalue weighted by Crippen LogP contribution is 2.20. The summed E-state index contributed by atoms with van der Waals surface area (Å²) in [7, 11) is 4.26. The summed E-state index contributed by atoms with van der Waals surface area (Å²) in [4.78, 5) is 6.05. The molecule has 0 aliphatic rings. The van der Waals surface area contributed by atoms with Gasteiger partial charge in [-0.3, -0.25) is 4.90 Å². The van der Waals surface area contributed by atoms with E-state index in [1.54, 1.807) is 11.3 Å². The molecule has 1 aromatic rings. The monoisotopic (exact) mass is 303 g/mol. The van der Waals surface area contributed by atoms with Gasteiger partial charge >= 0.3 is 0 Å². The molecule has 1 unspecified atom stereocenters. The van der Waals surface area contributed by atoms with Gasteiger partial charge in [-0.2, -0.15) is 0 Å². The third kappa shape index (κ3) is 6.72. The maximum atomic E-state index is 5.91. The van der Waals surface area contributed by atoms with Gasteiger partial charge in [0.1, 0.15) is 0 Å². The third-order valence-corrected chi connectivity index (χ3v) is 4.39. The molecular weight excluding hydrogens is 278 g/mol. The van der Waals surface area contributed by atoms with Crippen LogP contribution in [-0.4, -0.2) is 56.1 Å². The van der Waals surface area contributed by atoms with Crippen molar-refractivity contribution in [1.82, 2.24) is 15.1 Å². The van der Waals surface area contributed by atoms with Gasteiger partial charge in [-0.15, -0.1) is 11.3 Å². The molecule has 19 heavy (non-hydrogen) atoms. The van der Waals surface area contributed by atoms with Crippen molar-refractivity contribution in [3.05, 3.63) is 21.3 Å². The summed E-state index contributed by atoms with van der Waals surface area (Å²) >= 11 is 7.56. The molecule has 1 aromatic heterocycles. The zero-order chi connectivity index (χ0) is 14.3. The van der Waals surface area contributed by atoms with Crippen LogP contribution in [0.3, 0.4) is 0 Å². The van der Waals surface area contributed by atoms with E-state index in [9.17, 15) is 0 Å². The number of thiophene rings is 1. The van der Waals surface area contributed by atoms with Crippen LogP contribution in [0.2, 0.25) is 4.34 Å². The summed E-state index contributed by atoms with van der Waals surface area (Å²) in [6.07, 6.45) is 0. The van der Waals surface area contributed by atoms with Crippen LogP contribution in [-0.2, 0) is 6.54 Å². The highest BCUT2D eigenvalue weighted by Gasteiger charge is 2.12. The first kappa shape index (κ1) is 16.9. The molecule has 0 aliphatic heterocycles. The van der Waals surface area contributed by atoms with Crippen LogP contribution in [0.1, 0.15) is 18.7 Å². The fourth-order valence-electron chi connectivity index (χ4n) is 2.22. The Hall–Kier alpha value is -0.130. The van der Waals surface area contributed by atoms with Gasteiger partial charge in [-0.1, -0.05) is 18.5 Å². The van der Waals surface area contributed by atoms with Crippen LogP contribution in [0.15, 0.2) is 12.1 Å². The fraction of sp³-hybridized carbons (Fsp3) is 0.714. The predicted octanol–water partition coefficient (Wildman–Crippen LogP) is 2.76. The Balaban J connectivity index is 2.22. The second kappa shape index (κ2) is 8.93. The number of nitrogens with one attached hydrogen (secondary N) is 1. The van der Waals surface area contributed by atoms with Crippen LogP contribution in [0.5, 0.6) is 0 Å². The predicted molar refractivity (Wildman–Crippen MR) is 86.3 cm³/mol. The summed E-state index contributed by atoms with van der Waals surface area (Å²) in [5.41, 5.74) is 0. The van der Waals surface area contributed by atoms with Crippen LogP contribution in [0.25, 0.3) is 0 Å². The summed E-state index contributed by atoms with van der Waals surface area (Å²) in [5.74, 6) is 0. The van der Waals surface area contributed by atoms with Crippen LogP contribution in [0, 0.1) is 0 Å². The average molecular weight is 304 g/mol. The van der Waals surface area contributed by atoms with Crippen LogP contribution in [0.4, 0.5) is 0 Å². The molecule has 0 radical (unpaired) electrons. The first-order valence-electron chi connectivity index (χ1n) is 6.86. The van der Waals surface area contributed by atoms with Crippen molar-refractivity contribution in [1.29, 1.82) is 0 Å².